The summed E-state index contributed by atoms with van der Waals surface area (Å²) in [5.41, 5.74) is 3.79. The van der Waals surface area contributed by atoms with Crippen LogP contribution >= 0.6 is 0 Å². The van der Waals surface area contributed by atoms with Gasteiger partial charge in [0.1, 0.15) is 0 Å². The molecular weight excluding hydrogens is 600 g/mol. The summed E-state index contributed by atoms with van der Waals surface area (Å²) < 4.78 is 0. The Bertz CT molecular complexity index is 1580. The van der Waals surface area contributed by atoms with Crippen LogP contribution in [0.2, 0.25) is 0 Å². The summed E-state index contributed by atoms with van der Waals surface area (Å²) in [5, 5.41) is 20.1. The number of Topliss-reactive ketones (excluding diaryl/α,β-unsaturated/α-hetero) is 2. The molecule has 2 aliphatic rings. The predicted octanol–water partition coefficient (Wildman–Crippen LogP) is 10.0. The maximum atomic E-state index is 13.4. The van der Waals surface area contributed by atoms with E-state index in [2.05, 4.69) is 74.5 Å². The molecule has 0 saturated carbocycles. The van der Waals surface area contributed by atoms with Gasteiger partial charge in [0.25, 0.3) is 0 Å². The van der Waals surface area contributed by atoms with E-state index in [4.69, 9.17) is 0 Å². The van der Waals surface area contributed by atoms with Gasteiger partial charge in [-0.25, -0.2) is 9.59 Å². The Morgan fingerprint density at radius 1 is 0.604 bits per heavy atom. The molecule has 1 aromatic rings. The number of aromatic carboxylic acids is 2. The summed E-state index contributed by atoms with van der Waals surface area (Å²) in [4.78, 5) is 51.5. The maximum absolute atomic E-state index is 13.4. The van der Waals surface area contributed by atoms with Crippen LogP contribution in [0.15, 0.2) is 58.7 Å². The average Bonchev–Trinajstić information content (AvgIpc) is 2.92. The van der Waals surface area contributed by atoms with E-state index in [9.17, 15) is 29.4 Å². The predicted molar refractivity (Wildman–Crippen MR) is 193 cm³/mol. The second kappa shape index (κ2) is 14.1. The normalized spacial score (nSPS) is 19.4. The topological polar surface area (TPSA) is 109 Å². The number of carboxylic acid groups (broad SMARTS) is 2. The molecule has 0 heterocycles. The first-order valence-electron chi connectivity index (χ1n) is 17.4. The number of benzene rings is 1. The Balaban J connectivity index is 1.93. The molecule has 0 spiro atoms. The Kier molecular flexibility index (Phi) is 11.5. The van der Waals surface area contributed by atoms with E-state index in [1.807, 2.05) is 32.9 Å². The summed E-state index contributed by atoms with van der Waals surface area (Å²) in [6.45, 7) is 24.8. The van der Waals surface area contributed by atoms with Gasteiger partial charge in [0.05, 0.1) is 11.1 Å². The Hall–Kier alpha value is -3.54. The first-order valence-corrected chi connectivity index (χ1v) is 17.4. The minimum Gasteiger partial charge on any atom is -0.478 e. The Morgan fingerprint density at radius 2 is 1.02 bits per heavy atom. The Morgan fingerprint density at radius 3 is 1.38 bits per heavy atom. The molecule has 0 aromatic heterocycles. The van der Waals surface area contributed by atoms with Gasteiger partial charge < -0.3 is 10.2 Å². The third-order valence-electron chi connectivity index (χ3n) is 9.66. The van der Waals surface area contributed by atoms with Crippen molar-refractivity contribution >= 4 is 23.5 Å². The largest absolute Gasteiger partial charge is 0.478 e. The van der Waals surface area contributed by atoms with Gasteiger partial charge >= 0.3 is 11.9 Å². The summed E-state index contributed by atoms with van der Waals surface area (Å²) >= 11 is 0. The number of hydrogen-bond donors (Lipinski definition) is 2. The van der Waals surface area contributed by atoms with Crippen molar-refractivity contribution in [3.63, 3.8) is 0 Å². The van der Waals surface area contributed by atoms with Gasteiger partial charge in [-0.3, -0.25) is 9.59 Å². The molecule has 0 radical (unpaired) electrons. The number of ketones is 2. The van der Waals surface area contributed by atoms with Crippen molar-refractivity contribution < 1.29 is 29.4 Å². The van der Waals surface area contributed by atoms with E-state index in [0.29, 0.717) is 31.2 Å². The highest BCUT2D eigenvalue weighted by Crippen LogP contribution is 2.42. The molecule has 0 aliphatic heterocycles. The molecule has 3 rings (SSSR count). The lowest BCUT2D eigenvalue weighted by molar-refractivity contribution is -0.122. The number of allylic oxidation sites excluding steroid dienone is 8. The molecule has 2 aliphatic carbocycles. The summed E-state index contributed by atoms with van der Waals surface area (Å²) in [5.74, 6) is -2.64. The van der Waals surface area contributed by atoms with Crippen LogP contribution in [0.4, 0.5) is 0 Å². The lowest BCUT2D eigenvalue weighted by atomic mass is 9.68. The van der Waals surface area contributed by atoms with E-state index in [1.54, 1.807) is 6.07 Å². The molecule has 262 valence electrons. The van der Waals surface area contributed by atoms with Crippen LogP contribution in [-0.2, 0) is 22.4 Å². The fraction of sp³-hybridized carbons (Fsp3) is 0.571. The molecule has 48 heavy (non-hydrogen) atoms. The summed E-state index contributed by atoms with van der Waals surface area (Å²) in [6, 6.07) is 3.18. The third-order valence-corrected chi connectivity index (χ3v) is 9.66. The fourth-order valence-corrected chi connectivity index (χ4v) is 6.88. The molecule has 1 aromatic carbocycles. The van der Waals surface area contributed by atoms with Gasteiger partial charge in [-0.15, -0.1) is 0 Å². The van der Waals surface area contributed by atoms with E-state index < -0.39 is 11.9 Å². The number of carbonyl (C=O) groups excluding carboxylic acids is 2. The molecule has 2 N–H and O–H groups in total. The zero-order valence-corrected chi connectivity index (χ0v) is 31.4. The van der Waals surface area contributed by atoms with E-state index in [0.717, 1.165) is 40.7 Å². The second-order valence-electron chi connectivity index (χ2n) is 18.0. The third kappa shape index (κ3) is 9.12. The van der Waals surface area contributed by atoms with Crippen LogP contribution in [0.3, 0.4) is 0 Å². The quantitative estimate of drug-likeness (QED) is 0.259. The maximum Gasteiger partial charge on any atom is 0.336 e. The highest BCUT2D eigenvalue weighted by molar-refractivity contribution is 6.03. The standard InChI is InChI=1S/C42H58O6/c1-39(2,3)30-21-25(22-31(35(30)43)40(4,5)6)15-13-17-27-19-20-29(37(45)46)34(38(47)48)28(27)18-14-16-26-23-32(41(7,8)9)36(44)33(24-26)42(10,11)12/h19-24,30,32H,13-18H2,1-12H3,(H,45,46)(H,47,48). The highest BCUT2D eigenvalue weighted by atomic mass is 16.4. The lowest BCUT2D eigenvalue weighted by Gasteiger charge is -2.35. The SMILES string of the molecule is CC(C)(C)C1=CC(CCCc2ccc(C(=O)O)c(C(=O)O)c2CCCC2=CC(C(C)(C)C)C(=O)C(C(C)(C)C)=C2)=CC(C(C)(C)C)C1=O. The molecule has 0 amide bonds. The van der Waals surface area contributed by atoms with Crippen LogP contribution in [0.25, 0.3) is 0 Å². The molecule has 0 saturated heterocycles. The van der Waals surface area contributed by atoms with E-state index >= 15 is 0 Å². The molecule has 6 heteroatoms. The molecule has 2 unspecified atom stereocenters. The van der Waals surface area contributed by atoms with Crippen LogP contribution in [0.1, 0.15) is 141 Å². The molecule has 6 nitrogen and oxygen atoms in total. The molecule has 0 fully saturated rings. The van der Waals surface area contributed by atoms with Gasteiger partial charge in [0.15, 0.2) is 11.6 Å². The first-order chi connectivity index (χ1) is 21.8. The number of rotatable bonds is 10. The number of carbonyl (C=O) groups is 4. The molecule has 2 atom stereocenters. The van der Waals surface area contributed by atoms with Crippen LogP contribution in [0.5, 0.6) is 0 Å². The minimum absolute atomic E-state index is 0.142. The zero-order chi connectivity index (χ0) is 36.6. The molecular formula is C42H58O6. The lowest BCUT2D eigenvalue weighted by Crippen LogP contribution is -2.34. The van der Waals surface area contributed by atoms with Crippen molar-refractivity contribution in [3.05, 3.63) is 81.0 Å². The first kappa shape index (κ1) is 38.9. The monoisotopic (exact) mass is 658 g/mol. The van der Waals surface area contributed by atoms with Crippen molar-refractivity contribution in [2.75, 3.05) is 0 Å². The van der Waals surface area contributed by atoms with E-state index in [-0.39, 0.29) is 56.2 Å². The number of carboxylic acids is 2. The molecule has 0 bridgehead atoms. The fourth-order valence-electron chi connectivity index (χ4n) is 6.88. The smallest absolute Gasteiger partial charge is 0.336 e. The second-order valence-corrected chi connectivity index (χ2v) is 18.0. The van der Waals surface area contributed by atoms with Gasteiger partial charge in [-0.05, 0) is 77.4 Å². The number of aryl methyl sites for hydroxylation is 1. The van der Waals surface area contributed by atoms with Crippen molar-refractivity contribution in [1.82, 2.24) is 0 Å². The van der Waals surface area contributed by atoms with Gasteiger partial charge in [0.2, 0.25) is 0 Å². The number of hydrogen-bond acceptors (Lipinski definition) is 4. The van der Waals surface area contributed by atoms with Crippen molar-refractivity contribution in [2.24, 2.45) is 33.5 Å². The van der Waals surface area contributed by atoms with Gasteiger partial charge in [0, 0.05) is 23.0 Å². The summed E-state index contributed by atoms with van der Waals surface area (Å²) in [7, 11) is 0. The van der Waals surface area contributed by atoms with Gasteiger partial charge in [-0.2, -0.15) is 0 Å². The van der Waals surface area contributed by atoms with E-state index in [1.165, 1.54) is 6.07 Å². The van der Waals surface area contributed by atoms with Gasteiger partial charge in [-0.1, -0.05) is 125 Å². The minimum atomic E-state index is -1.26. The average molecular weight is 659 g/mol. The van der Waals surface area contributed by atoms with Crippen LogP contribution in [0, 0.1) is 33.5 Å². The van der Waals surface area contributed by atoms with Crippen LogP contribution in [-0.4, -0.2) is 33.7 Å². The van der Waals surface area contributed by atoms with Crippen molar-refractivity contribution in [1.29, 1.82) is 0 Å². The van der Waals surface area contributed by atoms with Crippen molar-refractivity contribution in [3.8, 4) is 0 Å². The summed E-state index contributed by atoms with van der Waals surface area (Å²) in [6.07, 6.45) is 11.9. The van der Waals surface area contributed by atoms with Crippen LogP contribution < -0.4 is 0 Å². The van der Waals surface area contributed by atoms with Crippen molar-refractivity contribution in [2.45, 2.75) is 122 Å². The highest BCUT2D eigenvalue weighted by Gasteiger charge is 2.39. The Labute approximate surface area is 288 Å². The zero-order valence-electron chi connectivity index (χ0n) is 31.4.